The molecule has 65 heavy (non-hydrogen) atoms. The first-order chi connectivity index (χ1) is 32.3. The van der Waals surface area contributed by atoms with E-state index in [0.717, 1.165) is 72.3 Å². The smallest absolute Gasteiger partial charge is 0.143 e. The Hall–Kier alpha value is -8.66. The summed E-state index contributed by atoms with van der Waals surface area (Å²) in [5.41, 5.74) is 15.4. The summed E-state index contributed by atoms with van der Waals surface area (Å²) in [6.45, 7) is 0. The average molecular weight is 829 g/mol. The number of fused-ring (bicyclic) bond motifs is 9. The van der Waals surface area contributed by atoms with E-state index in [2.05, 4.69) is 252 Å². The van der Waals surface area contributed by atoms with Crippen LogP contribution in [-0.4, -0.2) is 4.57 Å². The van der Waals surface area contributed by atoms with Crippen molar-refractivity contribution in [3.05, 3.63) is 243 Å². The van der Waals surface area contributed by atoms with Crippen molar-refractivity contribution < 1.29 is 4.42 Å². The molecular weight excluding hydrogens is 789 g/mol. The number of para-hydroxylation sites is 5. The lowest BCUT2D eigenvalue weighted by molar-refractivity contribution is 0.674. The Morgan fingerprint density at radius 3 is 1.49 bits per heavy atom. The third-order valence-electron chi connectivity index (χ3n) is 13.2. The van der Waals surface area contributed by atoms with Crippen LogP contribution in [0.25, 0.3) is 104 Å². The van der Waals surface area contributed by atoms with Crippen LogP contribution in [0.4, 0.5) is 17.1 Å². The fraction of sp³-hybridized carbons (Fsp3) is 0. The minimum Gasteiger partial charge on any atom is -0.455 e. The van der Waals surface area contributed by atoms with Gasteiger partial charge in [0.25, 0.3) is 0 Å². The number of furan rings is 1. The molecule has 0 aliphatic carbocycles. The molecule has 2 heterocycles. The molecule has 0 fully saturated rings. The molecule has 3 nitrogen and oxygen atoms in total. The van der Waals surface area contributed by atoms with Gasteiger partial charge in [0.15, 0.2) is 0 Å². The van der Waals surface area contributed by atoms with E-state index in [1.54, 1.807) is 0 Å². The first kappa shape index (κ1) is 36.9. The quantitative estimate of drug-likeness (QED) is 0.160. The maximum atomic E-state index is 6.78. The van der Waals surface area contributed by atoms with Crippen LogP contribution < -0.4 is 4.90 Å². The zero-order valence-electron chi connectivity index (χ0n) is 35.4. The van der Waals surface area contributed by atoms with Crippen LogP contribution in [0.5, 0.6) is 0 Å². The summed E-state index contributed by atoms with van der Waals surface area (Å²) in [7, 11) is 0. The third-order valence-corrected chi connectivity index (χ3v) is 13.2. The Labute approximate surface area is 376 Å². The molecule has 0 saturated heterocycles. The van der Waals surface area contributed by atoms with Gasteiger partial charge in [0.2, 0.25) is 0 Å². The Balaban J connectivity index is 0.956. The molecule has 2 aromatic heterocycles. The number of rotatable bonds is 7. The maximum Gasteiger partial charge on any atom is 0.143 e. The molecule has 0 bridgehead atoms. The molecule has 0 N–H and O–H groups in total. The highest BCUT2D eigenvalue weighted by Crippen LogP contribution is 2.45. The van der Waals surface area contributed by atoms with Gasteiger partial charge in [0.05, 0.1) is 22.4 Å². The molecule has 0 spiro atoms. The molecule has 304 valence electrons. The Kier molecular flexibility index (Phi) is 8.53. The fourth-order valence-electron chi connectivity index (χ4n) is 10.2. The van der Waals surface area contributed by atoms with Gasteiger partial charge in [-0.1, -0.05) is 188 Å². The number of benzene rings is 11. The SMILES string of the molecule is c1ccc(N(c2ccc(-c3ccccc3-n3c4ccccc4c4ccccc43)cc2)c2ccc(-c3cccc4c3oc3c5ccccc5ccc43)cc2)c(-c2cccc3ccccc23)c1. The van der Waals surface area contributed by atoms with Gasteiger partial charge < -0.3 is 13.9 Å². The van der Waals surface area contributed by atoms with Gasteiger partial charge in [0.1, 0.15) is 11.2 Å². The summed E-state index contributed by atoms with van der Waals surface area (Å²) in [6, 6.07) is 87.6. The van der Waals surface area contributed by atoms with Crippen molar-refractivity contribution in [2.45, 2.75) is 0 Å². The predicted octanol–water partition coefficient (Wildman–Crippen LogP) is 17.5. The van der Waals surface area contributed by atoms with E-state index < -0.39 is 0 Å². The molecule has 0 amide bonds. The first-order valence-corrected chi connectivity index (χ1v) is 22.3. The minimum atomic E-state index is 0.904. The first-order valence-electron chi connectivity index (χ1n) is 22.3. The molecule has 13 rings (SSSR count). The van der Waals surface area contributed by atoms with Gasteiger partial charge in [-0.15, -0.1) is 0 Å². The van der Waals surface area contributed by atoms with Gasteiger partial charge in [-0.2, -0.15) is 0 Å². The van der Waals surface area contributed by atoms with E-state index >= 15 is 0 Å². The molecule has 0 radical (unpaired) electrons. The number of nitrogens with zero attached hydrogens (tertiary/aromatic N) is 2. The number of aromatic nitrogens is 1. The van der Waals surface area contributed by atoms with Crippen molar-refractivity contribution in [1.82, 2.24) is 4.57 Å². The summed E-state index contributed by atoms with van der Waals surface area (Å²) in [4.78, 5) is 2.40. The highest BCUT2D eigenvalue weighted by Gasteiger charge is 2.21. The highest BCUT2D eigenvalue weighted by molar-refractivity contribution is 6.17. The Morgan fingerprint density at radius 2 is 0.769 bits per heavy atom. The van der Waals surface area contributed by atoms with E-state index in [9.17, 15) is 0 Å². The molecule has 3 heteroatoms. The van der Waals surface area contributed by atoms with Crippen molar-refractivity contribution in [1.29, 1.82) is 0 Å². The summed E-state index contributed by atoms with van der Waals surface area (Å²) in [5, 5.41) is 9.51. The van der Waals surface area contributed by atoms with Crippen LogP contribution in [-0.2, 0) is 0 Å². The van der Waals surface area contributed by atoms with Crippen molar-refractivity contribution >= 4 is 82.4 Å². The summed E-state index contributed by atoms with van der Waals surface area (Å²) in [5.74, 6) is 0. The second-order valence-electron chi connectivity index (χ2n) is 16.8. The number of hydrogen-bond acceptors (Lipinski definition) is 2. The van der Waals surface area contributed by atoms with Gasteiger partial charge in [-0.25, -0.2) is 0 Å². The lowest BCUT2D eigenvalue weighted by atomic mass is 9.95. The van der Waals surface area contributed by atoms with Crippen molar-refractivity contribution in [3.63, 3.8) is 0 Å². The zero-order chi connectivity index (χ0) is 42.8. The summed E-state index contributed by atoms with van der Waals surface area (Å²) >= 11 is 0. The summed E-state index contributed by atoms with van der Waals surface area (Å²) < 4.78 is 9.19. The molecule has 11 aromatic carbocycles. The highest BCUT2D eigenvalue weighted by atomic mass is 16.3. The normalized spacial score (nSPS) is 11.7. The summed E-state index contributed by atoms with van der Waals surface area (Å²) in [6.07, 6.45) is 0. The molecule has 0 unspecified atom stereocenters. The zero-order valence-corrected chi connectivity index (χ0v) is 35.4. The topological polar surface area (TPSA) is 21.3 Å². The monoisotopic (exact) mass is 828 g/mol. The van der Waals surface area contributed by atoms with Crippen LogP contribution in [0, 0.1) is 0 Å². The van der Waals surface area contributed by atoms with Crippen molar-refractivity contribution in [3.8, 4) is 39.1 Å². The average Bonchev–Trinajstić information content (AvgIpc) is 3.93. The van der Waals surface area contributed by atoms with E-state index in [1.165, 1.54) is 49.1 Å². The fourth-order valence-corrected chi connectivity index (χ4v) is 10.2. The van der Waals surface area contributed by atoms with Crippen LogP contribution in [0.1, 0.15) is 0 Å². The van der Waals surface area contributed by atoms with Gasteiger partial charge in [-0.3, -0.25) is 0 Å². The van der Waals surface area contributed by atoms with Crippen LogP contribution >= 0.6 is 0 Å². The number of anilines is 3. The van der Waals surface area contributed by atoms with E-state index in [4.69, 9.17) is 4.42 Å². The van der Waals surface area contributed by atoms with E-state index in [-0.39, 0.29) is 0 Å². The minimum absolute atomic E-state index is 0.904. The van der Waals surface area contributed by atoms with Crippen molar-refractivity contribution in [2.75, 3.05) is 4.90 Å². The van der Waals surface area contributed by atoms with E-state index in [1.807, 2.05) is 0 Å². The van der Waals surface area contributed by atoms with Gasteiger partial charge >= 0.3 is 0 Å². The van der Waals surface area contributed by atoms with Crippen LogP contribution in [0.15, 0.2) is 247 Å². The predicted molar refractivity (Wildman–Crippen MR) is 274 cm³/mol. The third kappa shape index (κ3) is 5.97. The molecular formula is C62H40N2O. The van der Waals surface area contributed by atoms with Gasteiger partial charge in [-0.05, 0) is 87.4 Å². The van der Waals surface area contributed by atoms with Crippen LogP contribution in [0.3, 0.4) is 0 Å². The van der Waals surface area contributed by atoms with Gasteiger partial charge in [0, 0.05) is 55.0 Å². The lowest BCUT2D eigenvalue weighted by Crippen LogP contribution is -2.11. The maximum absolute atomic E-state index is 6.78. The lowest BCUT2D eigenvalue weighted by Gasteiger charge is -2.28. The molecule has 0 aliphatic rings. The second-order valence-corrected chi connectivity index (χ2v) is 16.8. The Bertz CT molecular complexity index is 3890. The molecule has 0 atom stereocenters. The largest absolute Gasteiger partial charge is 0.455 e. The van der Waals surface area contributed by atoms with Crippen molar-refractivity contribution in [2.24, 2.45) is 0 Å². The second kappa shape index (κ2) is 15.0. The standard InChI is InChI=1S/C62H40N2O/c1-3-18-47-41(15-1)17-13-25-51(47)52-21-6-10-28-58(52)63(46-38-33-44(34-39-46)50-24-14-26-55-56-40-35-42-16-2-4-20-49(42)62(56)65-61(50)55)45-36-31-43(32-37-45)48-19-5-9-27-57(48)64-59-29-11-7-22-53(59)54-23-8-12-30-60(54)64/h1-40H. The Morgan fingerprint density at radius 1 is 0.292 bits per heavy atom. The van der Waals surface area contributed by atoms with E-state index in [0.29, 0.717) is 0 Å². The molecule has 13 aromatic rings. The molecule has 0 saturated carbocycles. The molecule has 0 aliphatic heterocycles. The van der Waals surface area contributed by atoms with Crippen LogP contribution in [0.2, 0.25) is 0 Å². The number of hydrogen-bond donors (Lipinski definition) is 0.